The molecule has 0 aliphatic carbocycles. The van der Waals surface area contributed by atoms with Gasteiger partial charge in [0.1, 0.15) is 29.0 Å². The largest absolute Gasteiger partial charge is 0.387 e. The topological polar surface area (TPSA) is 209 Å². The van der Waals surface area contributed by atoms with Gasteiger partial charge in [-0.25, -0.2) is 4.68 Å². The van der Waals surface area contributed by atoms with Crippen molar-refractivity contribution >= 4 is 53.9 Å². The van der Waals surface area contributed by atoms with Crippen molar-refractivity contribution in [2.45, 2.75) is 42.4 Å². The zero-order valence-corrected chi connectivity index (χ0v) is 24.3. The summed E-state index contributed by atoms with van der Waals surface area (Å²) in [7, 11) is -19.6. The smallest absolute Gasteiger partial charge is 0.340 e. The average Bonchev–Trinajstić information content (AvgIpc) is 3.35. The van der Waals surface area contributed by atoms with E-state index in [4.69, 9.17) is 26.1 Å². The van der Waals surface area contributed by atoms with Gasteiger partial charge in [-0.1, -0.05) is 31.6 Å². The third-order valence-corrected chi connectivity index (χ3v) is 10.8. The molecule has 1 unspecified atom stereocenters. The number of nitrogens with zero attached hydrogens (tertiary/aromatic N) is 4. The summed E-state index contributed by atoms with van der Waals surface area (Å²) in [4.78, 5) is 33.4. The molecule has 0 radical (unpaired) electrons. The Bertz CT molecular complexity index is 1600. The van der Waals surface area contributed by atoms with Crippen LogP contribution in [0.15, 0.2) is 35.4 Å². The molecule has 1 aliphatic heterocycles. The number of aliphatic hydroxyl groups is 2. The van der Waals surface area contributed by atoms with E-state index in [0.29, 0.717) is 0 Å². The molecule has 3 aromatic rings. The molecular weight excluding hydrogens is 667 g/mol. The molecule has 0 amide bonds. The van der Waals surface area contributed by atoms with E-state index < -0.39 is 73.4 Å². The molecule has 6 N–H and O–H groups in total. The molecule has 1 aliphatic rings. The van der Waals surface area contributed by atoms with Crippen LogP contribution in [-0.2, 0) is 18.4 Å². The van der Waals surface area contributed by atoms with E-state index in [1.165, 1.54) is 13.1 Å². The first-order chi connectivity index (χ1) is 18.9. The highest BCUT2D eigenvalue weighted by Gasteiger charge is 2.65. The highest BCUT2D eigenvalue weighted by atomic mass is 35.5. The van der Waals surface area contributed by atoms with Crippen molar-refractivity contribution in [2.24, 2.45) is 0 Å². The van der Waals surface area contributed by atoms with Crippen molar-refractivity contribution in [3.8, 4) is 0 Å². The number of aliphatic hydroxyl groups excluding tert-OH is 2. The normalized spacial score (nSPS) is 25.5. The van der Waals surface area contributed by atoms with E-state index in [9.17, 15) is 43.7 Å². The molecule has 6 atom stereocenters. The number of rotatable bonds is 10. The van der Waals surface area contributed by atoms with Crippen LogP contribution in [0, 0.1) is 0 Å². The van der Waals surface area contributed by atoms with E-state index in [-0.39, 0.29) is 39.8 Å². The van der Waals surface area contributed by atoms with E-state index in [2.05, 4.69) is 24.9 Å². The van der Waals surface area contributed by atoms with E-state index in [1.807, 2.05) is 0 Å². The summed E-state index contributed by atoms with van der Waals surface area (Å²) in [6.45, 7) is 0.653. The Kier molecular flexibility index (Phi) is 8.08. The third kappa shape index (κ3) is 7.57. The number of halogens is 6. The number of aromatic nitrogens is 4. The van der Waals surface area contributed by atoms with Crippen molar-refractivity contribution in [2.75, 3.05) is 17.8 Å². The summed E-state index contributed by atoms with van der Waals surface area (Å²) >= 11 is 6.03. The first kappa shape index (κ1) is 32.9. The summed E-state index contributed by atoms with van der Waals surface area (Å²) in [6, 6.07) is 1.47. The predicted octanol–water partition coefficient (Wildman–Crippen LogP) is 4.27. The standard InChI is InChI=1S/C19H23ClF5N5O9P2S/c1-9(10-2-4-11(5-3-10)42(21,22,23,24)25)27-16-12-6-26-30(17(12)29-19(20)28-16)18-15(32)14(31)13(39-18)7-38-41(36,37)8-40(33,34)35/h2-6,9,13-15,18,31-32H,7-8H2,1H3,(H,36,37)(H,27,28,29)(H2,33,34,35)/t9-,13-,14-,15-,18-/m1/s1. The van der Waals surface area contributed by atoms with E-state index >= 15 is 0 Å². The molecular formula is C19H23ClF5N5O9P2S. The number of anilines is 1. The molecule has 23 heteroatoms. The van der Waals surface area contributed by atoms with Gasteiger partial charge in [0.2, 0.25) is 5.28 Å². The van der Waals surface area contributed by atoms with Gasteiger partial charge in [0.25, 0.3) is 0 Å². The Morgan fingerprint density at radius 2 is 1.71 bits per heavy atom. The Balaban J connectivity index is 1.55. The number of hydrogen-bond donors (Lipinski definition) is 6. The second-order valence-electron chi connectivity index (χ2n) is 9.36. The minimum atomic E-state index is -9.86. The van der Waals surface area contributed by atoms with Crippen molar-refractivity contribution in [3.05, 3.63) is 41.3 Å². The zero-order chi connectivity index (χ0) is 31.5. The maximum absolute atomic E-state index is 13.0. The van der Waals surface area contributed by atoms with Crippen LogP contribution in [0.2, 0.25) is 5.28 Å². The SMILES string of the molecule is C[C@@H](Nc1nc(Cl)nc2c1cnn2[C@@H]1O[C@H](COP(=O)(O)CP(=O)(O)O)[C@@H](O)[C@H]1O)c1ccc(S(F)(F)(F)(F)F)cc1. The Morgan fingerprint density at radius 3 is 2.29 bits per heavy atom. The molecule has 4 rings (SSSR count). The van der Waals surface area contributed by atoms with Crippen molar-refractivity contribution in [1.82, 2.24) is 19.7 Å². The van der Waals surface area contributed by atoms with Crippen molar-refractivity contribution in [3.63, 3.8) is 0 Å². The lowest BCUT2D eigenvalue weighted by molar-refractivity contribution is -0.0541. The number of ether oxygens (including phenoxy) is 1. The second kappa shape index (κ2) is 10.3. The summed E-state index contributed by atoms with van der Waals surface area (Å²) in [6.07, 6.45) is -5.15. The van der Waals surface area contributed by atoms with Gasteiger partial charge in [-0.05, 0) is 36.2 Å². The van der Waals surface area contributed by atoms with Crippen LogP contribution in [0.1, 0.15) is 24.8 Å². The monoisotopic (exact) mass is 689 g/mol. The molecule has 1 saturated heterocycles. The molecule has 1 aromatic carbocycles. The fourth-order valence-electron chi connectivity index (χ4n) is 4.03. The fraction of sp³-hybridized carbons (Fsp3) is 0.421. The number of hydrogen-bond acceptors (Lipinski definition) is 10. The van der Waals surface area contributed by atoms with E-state index in [1.54, 1.807) is 0 Å². The summed E-state index contributed by atoms with van der Waals surface area (Å²) < 4.78 is 99.3. The highest BCUT2D eigenvalue weighted by Crippen LogP contribution is 3.02. The van der Waals surface area contributed by atoms with Crippen LogP contribution in [0.3, 0.4) is 0 Å². The summed E-state index contributed by atoms with van der Waals surface area (Å²) in [5, 5.41) is 27.6. The lowest BCUT2D eigenvalue weighted by Crippen LogP contribution is -2.33. The van der Waals surface area contributed by atoms with Gasteiger partial charge in [0.05, 0.1) is 18.2 Å². The van der Waals surface area contributed by atoms with Gasteiger partial charge in [-0.15, -0.1) is 0 Å². The first-order valence-corrected chi connectivity index (χ1v) is 17.4. The molecule has 3 heterocycles. The first-order valence-electron chi connectivity index (χ1n) is 11.5. The van der Waals surface area contributed by atoms with Crippen LogP contribution in [0.5, 0.6) is 0 Å². The quantitative estimate of drug-likeness (QED) is 0.1000. The van der Waals surface area contributed by atoms with Crippen molar-refractivity contribution < 1.29 is 62.7 Å². The Hall–Kier alpha value is -1.96. The van der Waals surface area contributed by atoms with Crippen LogP contribution in [0.4, 0.5) is 25.2 Å². The highest BCUT2D eigenvalue weighted by molar-refractivity contribution is 8.45. The van der Waals surface area contributed by atoms with Crippen molar-refractivity contribution in [1.29, 1.82) is 0 Å². The molecule has 2 aromatic heterocycles. The molecule has 0 spiro atoms. The Labute approximate surface area is 237 Å². The van der Waals surface area contributed by atoms with Crippen LogP contribution >= 0.6 is 37.0 Å². The maximum atomic E-state index is 13.0. The van der Waals surface area contributed by atoms with Crippen LogP contribution in [-0.4, -0.2) is 75.5 Å². The third-order valence-electron chi connectivity index (χ3n) is 5.99. The molecule has 0 saturated carbocycles. The molecule has 236 valence electrons. The van der Waals surface area contributed by atoms with Gasteiger partial charge in [-0.3, -0.25) is 9.13 Å². The average molecular weight is 690 g/mol. The van der Waals surface area contributed by atoms with Gasteiger partial charge in [0.15, 0.2) is 17.8 Å². The lowest BCUT2D eigenvalue weighted by Gasteiger charge is -2.40. The predicted molar refractivity (Wildman–Crippen MR) is 139 cm³/mol. The lowest BCUT2D eigenvalue weighted by atomic mass is 10.1. The van der Waals surface area contributed by atoms with Crippen LogP contribution < -0.4 is 5.32 Å². The summed E-state index contributed by atoms with van der Waals surface area (Å²) in [5.41, 5.74) is 0.115. The maximum Gasteiger partial charge on any atom is 0.340 e. The number of benzene rings is 1. The fourth-order valence-corrected chi connectivity index (χ4v) is 7.41. The van der Waals surface area contributed by atoms with Gasteiger partial charge >= 0.3 is 25.4 Å². The second-order valence-corrected chi connectivity index (χ2v) is 16.1. The zero-order valence-electron chi connectivity index (χ0n) is 20.9. The van der Waals surface area contributed by atoms with E-state index in [0.717, 1.165) is 16.8 Å². The molecule has 14 nitrogen and oxygen atoms in total. The minimum absolute atomic E-state index is 0.00659. The molecule has 1 fully saturated rings. The summed E-state index contributed by atoms with van der Waals surface area (Å²) in [5.74, 6) is -1.48. The molecule has 0 bridgehead atoms. The van der Waals surface area contributed by atoms with Gasteiger partial charge in [-0.2, -0.15) is 15.1 Å². The van der Waals surface area contributed by atoms with Crippen LogP contribution in [0.25, 0.3) is 11.0 Å². The number of nitrogens with one attached hydrogen (secondary N) is 1. The number of fused-ring (bicyclic) bond motifs is 1. The Morgan fingerprint density at radius 1 is 1.10 bits per heavy atom. The van der Waals surface area contributed by atoms with Gasteiger partial charge < -0.3 is 39.5 Å². The minimum Gasteiger partial charge on any atom is -0.387 e. The van der Waals surface area contributed by atoms with Gasteiger partial charge in [0, 0.05) is 6.04 Å². The molecule has 42 heavy (non-hydrogen) atoms.